The predicted molar refractivity (Wildman–Crippen MR) is 110 cm³/mol. The molecule has 0 amide bonds. The molecule has 3 rings (SSSR count). The Morgan fingerprint density at radius 1 is 1.11 bits per heavy atom. The molecule has 2 unspecified atom stereocenters. The van der Waals surface area contributed by atoms with Crippen molar-refractivity contribution in [1.82, 2.24) is 5.32 Å². The van der Waals surface area contributed by atoms with Crippen LogP contribution in [0, 0.1) is 0 Å². The van der Waals surface area contributed by atoms with Crippen molar-refractivity contribution in [2.24, 2.45) is 0 Å². The number of nitrogens with one attached hydrogen (secondary N) is 1. The summed E-state index contributed by atoms with van der Waals surface area (Å²) in [5.41, 5.74) is 13.3. The summed E-state index contributed by atoms with van der Waals surface area (Å²) in [5.74, 6) is 0.695. The SMILES string of the molecule is CCC(C)(Oc1ccc(C(=O)c2ccc(N)c(N)c2)cc1)C1CCCCN1. The maximum atomic E-state index is 12.7. The van der Waals surface area contributed by atoms with E-state index in [2.05, 4.69) is 19.2 Å². The van der Waals surface area contributed by atoms with Gasteiger partial charge in [0.05, 0.1) is 11.4 Å². The summed E-state index contributed by atoms with van der Waals surface area (Å²) in [5, 5.41) is 3.59. The number of carbonyl (C=O) groups is 1. The summed E-state index contributed by atoms with van der Waals surface area (Å²) < 4.78 is 6.36. The second-order valence-corrected chi connectivity index (χ2v) is 7.47. The maximum Gasteiger partial charge on any atom is 0.193 e. The van der Waals surface area contributed by atoms with Crippen LogP contribution in [0.1, 0.15) is 55.5 Å². The lowest BCUT2D eigenvalue weighted by Crippen LogP contribution is -2.54. The number of benzene rings is 2. The van der Waals surface area contributed by atoms with Crippen LogP contribution in [0.15, 0.2) is 42.5 Å². The molecule has 5 nitrogen and oxygen atoms in total. The smallest absolute Gasteiger partial charge is 0.193 e. The van der Waals surface area contributed by atoms with Crippen LogP contribution >= 0.6 is 0 Å². The molecule has 0 bridgehead atoms. The van der Waals surface area contributed by atoms with E-state index < -0.39 is 0 Å². The molecule has 0 aliphatic carbocycles. The molecule has 27 heavy (non-hydrogen) atoms. The van der Waals surface area contributed by atoms with Gasteiger partial charge in [-0.3, -0.25) is 4.79 Å². The lowest BCUT2D eigenvalue weighted by Gasteiger charge is -2.40. The standard InChI is InChI=1S/C22H29N3O2/c1-3-22(2,20-6-4-5-13-25-20)27-17-10-7-15(8-11-17)21(26)16-9-12-18(23)19(24)14-16/h7-12,14,20,25H,3-6,13,23-24H2,1-2H3. The van der Waals surface area contributed by atoms with E-state index in [9.17, 15) is 4.79 Å². The minimum absolute atomic E-state index is 0.0829. The molecule has 0 radical (unpaired) electrons. The Hall–Kier alpha value is -2.53. The summed E-state index contributed by atoms with van der Waals surface area (Å²) in [4.78, 5) is 12.7. The van der Waals surface area contributed by atoms with Gasteiger partial charge in [0.15, 0.2) is 5.78 Å². The molecule has 0 saturated carbocycles. The summed E-state index contributed by atoms with van der Waals surface area (Å²) in [7, 11) is 0. The molecule has 1 heterocycles. The van der Waals surface area contributed by atoms with Gasteiger partial charge in [0.2, 0.25) is 0 Å². The molecule has 1 aliphatic heterocycles. The van der Waals surface area contributed by atoms with Crippen LogP contribution in [0.4, 0.5) is 11.4 Å². The molecule has 1 saturated heterocycles. The van der Waals surface area contributed by atoms with E-state index in [4.69, 9.17) is 16.2 Å². The van der Waals surface area contributed by atoms with Crippen LogP contribution in [-0.2, 0) is 0 Å². The minimum atomic E-state index is -0.267. The normalized spacial score (nSPS) is 19.3. The second kappa shape index (κ2) is 8.01. The van der Waals surface area contributed by atoms with Gasteiger partial charge in [-0.25, -0.2) is 0 Å². The number of anilines is 2. The third-order valence-electron chi connectivity index (χ3n) is 5.57. The minimum Gasteiger partial charge on any atom is -0.486 e. The van der Waals surface area contributed by atoms with Crippen molar-refractivity contribution in [2.75, 3.05) is 18.0 Å². The van der Waals surface area contributed by atoms with Crippen LogP contribution in [-0.4, -0.2) is 24.0 Å². The van der Waals surface area contributed by atoms with E-state index in [1.807, 2.05) is 12.1 Å². The largest absolute Gasteiger partial charge is 0.486 e. The van der Waals surface area contributed by atoms with E-state index in [1.54, 1.807) is 30.3 Å². The average Bonchev–Trinajstić information content (AvgIpc) is 2.70. The Kier molecular flexibility index (Phi) is 5.71. The zero-order valence-electron chi connectivity index (χ0n) is 16.1. The van der Waals surface area contributed by atoms with E-state index in [0.717, 1.165) is 25.1 Å². The lowest BCUT2D eigenvalue weighted by molar-refractivity contribution is 0.0316. The summed E-state index contributed by atoms with van der Waals surface area (Å²) in [6, 6.07) is 12.6. The van der Waals surface area contributed by atoms with Gasteiger partial charge in [0.1, 0.15) is 11.4 Å². The van der Waals surface area contributed by atoms with Crippen molar-refractivity contribution < 1.29 is 9.53 Å². The van der Waals surface area contributed by atoms with Gasteiger partial charge in [0.25, 0.3) is 0 Å². The molecule has 0 aromatic heterocycles. The Labute approximate surface area is 161 Å². The van der Waals surface area contributed by atoms with E-state index in [-0.39, 0.29) is 11.4 Å². The third kappa shape index (κ3) is 4.25. The predicted octanol–water partition coefficient (Wildman–Crippen LogP) is 3.77. The van der Waals surface area contributed by atoms with Crippen LogP contribution < -0.4 is 21.5 Å². The fourth-order valence-corrected chi connectivity index (χ4v) is 3.59. The van der Waals surface area contributed by atoms with Crippen LogP contribution in [0.5, 0.6) is 5.75 Å². The first-order valence-corrected chi connectivity index (χ1v) is 9.65. The van der Waals surface area contributed by atoms with E-state index >= 15 is 0 Å². The molecular formula is C22H29N3O2. The molecule has 144 valence electrons. The van der Waals surface area contributed by atoms with Gasteiger partial charge < -0.3 is 21.5 Å². The Morgan fingerprint density at radius 2 is 1.81 bits per heavy atom. The van der Waals surface area contributed by atoms with Gasteiger partial charge in [-0.2, -0.15) is 0 Å². The quantitative estimate of drug-likeness (QED) is 0.534. The number of rotatable bonds is 6. The summed E-state index contributed by atoms with van der Waals surface area (Å²) in [6.45, 7) is 5.35. The topological polar surface area (TPSA) is 90.4 Å². The highest BCUT2D eigenvalue weighted by molar-refractivity contribution is 6.09. The zero-order chi connectivity index (χ0) is 19.4. The van der Waals surface area contributed by atoms with Crippen LogP contribution in [0.3, 0.4) is 0 Å². The Balaban J connectivity index is 1.74. The van der Waals surface area contributed by atoms with Gasteiger partial charge in [-0.05, 0) is 75.2 Å². The summed E-state index contributed by atoms with van der Waals surface area (Å²) >= 11 is 0. The average molecular weight is 367 g/mol. The molecule has 5 N–H and O–H groups in total. The number of carbonyl (C=O) groups excluding carboxylic acids is 1. The number of ketones is 1. The van der Waals surface area contributed by atoms with Crippen molar-refractivity contribution in [3.05, 3.63) is 53.6 Å². The van der Waals surface area contributed by atoms with Gasteiger partial charge >= 0.3 is 0 Å². The van der Waals surface area contributed by atoms with Gasteiger partial charge in [0, 0.05) is 17.2 Å². The van der Waals surface area contributed by atoms with Gasteiger partial charge in [-0.1, -0.05) is 13.3 Å². The van der Waals surface area contributed by atoms with E-state index in [1.165, 1.54) is 12.8 Å². The highest BCUT2D eigenvalue weighted by Crippen LogP contribution is 2.29. The molecule has 2 aromatic carbocycles. The number of piperidine rings is 1. The van der Waals surface area contributed by atoms with Crippen molar-refractivity contribution >= 4 is 17.2 Å². The van der Waals surface area contributed by atoms with Crippen LogP contribution in [0.2, 0.25) is 0 Å². The number of nitrogen functional groups attached to an aromatic ring is 2. The van der Waals surface area contributed by atoms with Crippen molar-refractivity contribution in [3.8, 4) is 5.75 Å². The van der Waals surface area contributed by atoms with Crippen molar-refractivity contribution in [3.63, 3.8) is 0 Å². The number of nitrogens with two attached hydrogens (primary N) is 2. The molecule has 1 aliphatic rings. The van der Waals surface area contributed by atoms with Crippen LogP contribution in [0.25, 0.3) is 0 Å². The molecule has 2 atom stereocenters. The van der Waals surface area contributed by atoms with Crippen molar-refractivity contribution in [1.29, 1.82) is 0 Å². The van der Waals surface area contributed by atoms with Gasteiger partial charge in [-0.15, -0.1) is 0 Å². The number of hydrogen-bond acceptors (Lipinski definition) is 5. The number of ether oxygens (including phenoxy) is 1. The molecule has 1 fully saturated rings. The zero-order valence-corrected chi connectivity index (χ0v) is 16.1. The molecule has 0 spiro atoms. The molecule has 5 heteroatoms. The fourth-order valence-electron chi connectivity index (χ4n) is 3.59. The molecular weight excluding hydrogens is 338 g/mol. The number of hydrogen-bond donors (Lipinski definition) is 3. The fraction of sp³-hybridized carbons (Fsp3) is 0.409. The first-order valence-electron chi connectivity index (χ1n) is 9.65. The first-order chi connectivity index (χ1) is 12.9. The second-order valence-electron chi connectivity index (χ2n) is 7.47. The van der Waals surface area contributed by atoms with Crippen molar-refractivity contribution in [2.45, 2.75) is 51.2 Å². The highest BCUT2D eigenvalue weighted by Gasteiger charge is 2.35. The Bertz CT molecular complexity index is 798. The highest BCUT2D eigenvalue weighted by atomic mass is 16.5. The Morgan fingerprint density at radius 3 is 2.41 bits per heavy atom. The summed E-state index contributed by atoms with van der Waals surface area (Å²) in [6.07, 6.45) is 4.49. The lowest BCUT2D eigenvalue weighted by atomic mass is 9.87. The molecule has 2 aromatic rings. The first kappa shape index (κ1) is 19.2. The van der Waals surface area contributed by atoms with E-state index in [0.29, 0.717) is 28.5 Å². The third-order valence-corrected chi connectivity index (χ3v) is 5.57. The maximum absolute atomic E-state index is 12.7. The monoisotopic (exact) mass is 367 g/mol.